The molecule has 1 aliphatic heterocycles. The highest BCUT2D eigenvalue weighted by Crippen LogP contribution is 2.40. The average Bonchev–Trinajstić information content (AvgIpc) is 2.87. The third-order valence-electron chi connectivity index (χ3n) is 5.46. The van der Waals surface area contributed by atoms with Gasteiger partial charge in [-0.2, -0.15) is 0 Å². The maximum absolute atomic E-state index is 11.7. The fourth-order valence-corrected chi connectivity index (χ4v) is 4.50. The standard InChI is InChI=1S/C19H27NO2/c1-14(11-15-7-3-2-4-8-15)13-20-17-10-6-5-9-16(17)12-18(20)19(21)22/h2-4,7-8,14,16-18H,5-6,9-13H2,1H3,(H,21,22). The number of likely N-dealkylation sites (tertiary alicyclic amines) is 1. The Balaban J connectivity index is 1.66. The molecule has 2 fully saturated rings. The first-order valence-corrected chi connectivity index (χ1v) is 8.67. The molecule has 1 aliphatic carbocycles. The molecular weight excluding hydrogens is 274 g/mol. The van der Waals surface area contributed by atoms with Gasteiger partial charge >= 0.3 is 5.97 Å². The van der Waals surface area contributed by atoms with Crippen molar-refractivity contribution < 1.29 is 9.90 Å². The van der Waals surface area contributed by atoms with Gasteiger partial charge in [0, 0.05) is 12.6 Å². The number of carbonyl (C=O) groups is 1. The summed E-state index contributed by atoms with van der Waals surface area (Å²) in [5.74, 6) is 0.477. The molecule has 4 atom stereocenters. The molecule has 3 heteroatoms. The lowest BCUT2D eigenvalue weighted by Crippen LogP contribution is -2.44. The van der Waals surface area contributed by atoms with Crippen molar-refractivity contribution >= 4 is 5.97 Å². The monoisotopic (exact) mass is 301 g/mol. The Bertz CT molecular complexity index is 501. The number of aliphatic carboxylic acids is 1. The van der Waals surface area contributed by atoms with Crippen LogP contribution in [-0.4, -0.2) is 34.6 Å². The molecule has 1 aromatic carbocycles. The maximum atomic E-state index is 11.7. The molecule has 22 heavy (non-hydrogen) atoms. The predicted molar refractivity (Wildman–Crippen MR) is 87.8 cm³/mol. The lowest BCUT2D eigenvalue weighted by molar-refractivity contribution is -0.142. The number of hydrogen-bond acceptors (Lipinski definition) is 2. The van der Waals surface area contributed by atoms with Crippen LogP contribution in [0.3, 0.4) is 0 Å². The molecule has 3 nitrogen and oxygen atoms in total. The van der Waals surface area contributed by atoms with Gasteiger partial charge in [0.1, 0.15) is 6.04 Å². The van der Waals surface area contributed by atoms with E-state index in [1.165, 1.54) is 31.2 Å². The van der Waals surface area contributed by atoms with Gasteiger partial charge in [0.15, 0.2) is 0 Å². The number of fused-ring (bicyclic) bond motifs is 1. The lowest BCUT2D eigenvalue weighted by Gasteiger charge is -2.34. The number of carboxylic acid groups (broad SMARTS) is 1. The zero-order valence-corrected chi connectivity index (χ0v) is 13.4. The summed E-state index contributed by atoms with van der Waals surface area (Å²) in [7, 11) is 0. The van der Waals surface area contributed by atoms with Crippen molar-refractivity contribution in [3.63, 3.8) is 0 Å². The summed E-state index contributed by atoms with van der Waals surface area (Å²) < 4.78 is 0. The van der Waals surface area contributed by atoms with E-state index in [0.29, 0.717) is 17.9 Å². The van der Waals surface area contributed by atoms with Crippen molar-refractivity contribution in [3.05, 3.63) is 35.9 Å². The van der Waals surface area contributed by atoms with E-state index in [9.17, 15) is 9.90 Å². The van der Waals surface area contributed by atoms with E-state index in [4.69, 9.17) is 0 Å². The Hall–Kier alpha value is -1.35. The normalized spacial score (nSPS) is 30.0. The Kier molecular flexibility index (Phi) is 4.82. The number of nitrogens with zero attached hydrogens (tertiary/aromatic N) is 1. The summed E-state index contributed by atoms with van der Waals surface area (Å²) in [6, 6.07) is 10.8. The second-order valence-electron chi connectivity index (χ2n) is 7.19. The van der Waals surface area contributed by atoms with Crippen LogP contribution in [0.5, 0.6) is 0 Å². The van der Waals surface area contributed by atoms with E-state index in [-0.39, 0.29) is 6.04 Å². The molecule has 2 aliphatic rings. The van der Waals surface area contributed by atoms with Crippen LogP contribution >= 0.6 is 0 Å². The van der Waals surface area contributed by atoms with Crippen LogP contribution in [0.4, 0.5) is 0 Å². The first kappa shape index (κ1) is 15.5. The fourth-order valence-electron chi connectivity index (χ4n) is 4.50. The molecule has 0 spiro atoms. The third kappa shape index (κ3) is 3.35. The Labute approximate surface area is 133 Å². The van der Waals surface area contributed by atoms with Crippen molar-refractivity contribution in [2.45, 2.75) is 57.5 Å². The lowest BCUT2D eigenvalue weighted by atomic mass is 9.84. The topological polar surface area (TPSA) is 40.5 Å². The summed E-state index contributed by atoms with van der Waals surface area (Å²) in [5, 5.41) is 9.59. The second kappa shape index (κ2) is 6.82. The first-order valence-electron chi connectivity index (χ1n) is 8.67. The average molecular weight is 301 g/mol. The van der Waals surface area contributed by atoms with Crippen LogP contribution in [0.2, 0.25) is 0 Å². The molecule has 4 unspecified atom stereocenters. The smallest absolute Gasteiger partial charge is 0.320 e. The van der Waals surface area contributed by atoms with Gasteiger partial charge < -0.3 is 5.11 Å². The minimum atomic E-state index is -0.624. The van der Waals surface area contributed by atoms with Gasteiger partial charge in [0.2, 0.25) is 0 Å². The van der Waals surface area contributed by atoms with Crippen molar-refractivity contribution in [1.82, 2.24) is 4.90 Å². The molecule has 0 radical (unpaired) electrons. The molecule has 0 aromatic heterocycles. The highest BCUT2D eigenvalue weighted by atomic mass is 16.4. The van der Waals surface area contributed by atoms with Gasteiger partial charge in [-0.05, 0) is 43.1 Å². The Morgan fingerprint density at radius 1 is 1.27 bits per heavy atom. The summed E-state index contributed by atoms with van der Waals surface area (Å²) in [6.07, 6.45) is 6.83. The van der Waals surface area contributed by atoms with Crippen molar-refractivity contribution in [2.24, 2.45) is 11.8 Å². The van der Waals surface area contributed by atoms with E-state index < -0.39 is 5.97 Å². The van der Waals surface area contributed by atoms with E-state index in [1.54, 1.807) is 0 Å². The van der Waals surface area contributed by atoms with Crippen LogP contribution in [0.25, 0.3) is 0 Å². The van der Waals surface area contributed by atoms with Crippen LogP contribution in [-0.2, 0) is 11.2 Å². The highest BCUT2D eigenvalue weighted by molar-refractivity contribution is 5.74. The molecule has 1 saturated carbocycles. The molecule has 120 valence electrons. The molecule has 1 heterocycles. The molecule has 0 bridgehead atoms. The van der Waals surface area contributed by atoms with E-state index in [2.05, 4.69) is 36.1 Å². The highest BCUT2D eigenvalue weighted by Gasteiger charge is 2.45. The van der Waals surface area contributed by atoms with Crippen LogP contribution in [0, 0.1) is 11.8 Å². The Morgan fingerprint density at radius 3 is 2.73 bits per heavy atom. The molecular formula is C19H27NO2. The largest absolute Gasteiger partial charge is 0.480 e. The Morgan fingerprint density at radius 2 is 2.00 bits per heavy atom. The molecule has 1 aromatic rings. The van der Waals surface area contributed by atoms with Crippen LogP contribution in [0.1, 0.15) is 44.6 Å². The second-order valence-corrected chi connectivity index (χ2v) is 7.19. The van der Waals surface area contributed by atoms with E-state index in [0.717, 1.165) is 19.4 Å². The first-order chi connectivity index (χ1) is 10.6. The quantitative estimate of drug-likeness (QED) is 0.903. The minimum absolute atomic E-state index is 0.258. The molecule has 1 saturated heterocycles. The molecule has 3 rings (SSSR count). The van der Waals surface area contributed by atoms with Gasteiger partial charge in [0.05, 0.1) is 0 Å². The zero-order chi connectivity index (χ0) is 15.5. The predicted octanol–water partition coefficient (Wildman–Crippen LogP) is 3.58. The van der Waals surface area contributed by atoms with Crippen LogP contribution < -0.4 is 0 Å². The van der Waals surface area contributed by atoms with Gasteiger partial charge in [-0.25, -0.2) is 0 Å². The number of benzene rings is 1. The maximum Gasteiger partial charge on any atom is 0.320 e. The number of carboxylic acids is 1. The van der Waals surface area contributed by atoms with Gasteiger partial charge in [-0.15, -0.1) is 0 Å². The summed E-state index contributed by atoms with van der Waals surface area (Å²) in [6.45, 7) is 3.16. The van der Waals surface area contributed by atoms with Gasteiger partial charge in [-0.3, -0.25) is 9.69 Å². The minimum Gasteiger partial charge on any atom is -0.480 e. The number of rotatable bonds is 5. The summed E-state index contributed by atoms with van der Waals surface area (Å²) >= 11 is 0. The summed E-state index contributed by atoms with van der Waals surface area (Å²) in [5.41, 5.74) is 1.35. The summed E-state index contributed by atoms with van der Waals surface area (Å²) in [4.78, 5) is 14.0. The van der Waals surface area contributed by atoms with Crippen molar-refractivity contribution in [3.8, 4) is 0 Å². The molecule has 0 amide bonds. The van der Waals surface area contributed by atoms with E-state index in [1.807, 2.05) is 6.07 Å². The van der Waals surface area contributed by atoms with Crippen molar-refractivity contribution in [2.75, 3.05) is 6.54 Å². The fraction of sp³-hybridized carbons (Fsp3) is 0.632. The van der Waals surface area contributed by atoms with Gasteiger partial charge in [0.25, 0.3) is 0 Å². The van der Waals surface area contributed by atoms with Crippen LogP contribution in [0.15, 0.2) is 30.3 Å². The SMILES string of the molecule is CC(Cc1ccccc1)CN1C(C(=O)O)CC2CCCCC21. The van der Waals surface area contributed by atoms with E-state index >= 15 is 0 Å². The number of hydrogen-bond donors (Lipinski definition) is 1. The zero-order valence-electron chi connectivity index (χ0n) is 13.4. The van der Waals surface area contributed by atoms with Crippen molar-refractivity contribution in [1.29, 1.82) is 0 Å². The molecule has 1 N–H and O–H groups in total. The van der Waals surface area contributed by atoms with Gasteiger partial charge in [-0.1, -0.05) is 50.1 Å². The third-order valence-corrected chi connectivity index (χ3v) is 5.46.